The van der Waals surface area contributed by atoms with Gasteiger partial charge in [-0.2, -0.15) is 0 Å². The van der Waals surface area contributed by atoms with E-state index < -0.39 is 0 Å². The lowest BCUT2D eigenvalue weighted by molar-refractivity contribution is 0.305. The fourth-order valence-corrected chi connectivity index (χ4v) is 2.03. The molecule has 0 amide bonds. The van der Waals surface area contributed by atoms with E-state index >= 15 is 0 Å². The van der Waals surface area contributed by atoms with Crippen molar-refractivity contribution in [2.45, 2.75) is 6.61 Å². The van der Waals surface area contributed by atoms with Gasteiger partial charge < -0.3 is 20.5 Å². The van der Waals surface area contributed by atoms with Crippen LogP contribution in [0.25, 0.3) is 5.70 Å². The fraction of sp³-hybridized carbons (Fsp3) is 0.176. The number of rotatable bonds is 6. The molecule has 2 aromatic carbocycles. The number of hydrogen-bond acceptors (Lipinski definition) is 4. The van der Waals surface area contributed by atoms with Crippen LogP contribution >= 0.6 is 0 Å². The highest BCUT2D eigenvalue weighted by Gasteiger charge is 2.05. The molecular formula is C17H20N2O2. The molecule has 21 heavy (non-hydrogen) atoms. The van der Waals surface area contributed by atoms with Crippen LogP contribution in [0.3, 0.4) is 0 Å². The van der Waals surface area contributed by atoms with Crippen molar-refractivity contribution in [3.63, 3.8) is 0 Å². The van der Waals surface area contributed by atoms with E-state index in [1.807, 2.05) is 49.5 Å². The summed E-state index contributed by atoms with van der Waals surface area (Å²) in [6, 6.07) is 13.5. The zero-order chi connectivity index (χ0) is 15.2. The lowest BCUT2D eigenvalue weighted by Crippen LogP contribution is -2.02. The molecule has 0 aliphatic heterocycles. The second-order valence-electron chi connectivity index (χ2n) is 4.62. The van der Waals surface area contributed by atoms with Gasteiger partial charge in [-0.25, -0.2) is 0 Å². The van der Waals surface area contributed by atoms with Crippen molar-refractivity contribution in [2.75, 3.05) is 19.5 Å². The summed E-state index contributed by atoms with van der Waals surface area (Å²) in [5.74, 6) is 1.59. The summed E-state index contributed by atoms with van der Waals surface area (Å²) in [7, 11) is 3.49. The molecule has 0 bridgehead atoms. The molecule has 0 saturated carbocycles. The average molecular weight is 284 g/mol. The van der Waals surface area contributed by atoms with Gasteiger partial charge in [0.2, 0.25) is 0 Å². The molecule has 2 aromatic rings. The Labute approximate surface area is 125 Å². The molecule has 110 valence electrons. The summed E-state index contributed by atoms with van der Waals surface area (Å²) in [6.45, 7) is 4.23. The summed E-state index contributed by atoms with van der Waals surface area (Å²) in [5, 5.41) is 3.09. The lowest BCUT2D eigenvalue weighted by atomic mass is 10.1. The minimum Gasteiger partial charge on any atom is -0.497 e. The van der Waals surface area contributed by atoms with Crippen LogP contribution in [-0.2, 0) is 6.61 Å². The van der Waals surface area contributed by atoms with Crippen LogP contribution in [0.5, 0.6) is 11.5 Å². The number of ether oxygens (including phenoxy) is 2. The monoisotopic (exact) mass is 284 g/mol. The first-order valence-electron chi connectivity index (χ1n) is 6.66. The molecule has 0 heterocycles. The number of methoxy groups -OCH3 is 1. The van der Waals surface area contributed by atoms with E-state index in [9.17, 15) is 0 Å². The summed E-state index contributed by atoms with van der Waals surface area (Å²) in [5.41, 5.74) is 9.10. The smallest absolute Gasteiger partial charge is 0.121 e. The van der Waals surface area contributed by atoms with Crippen molar-refractivity contribution in [1.29, 1.82) is 0 Å². The molecule has 0 aromatic heterocycles. The van der Waals surface area contributed by atoms with Crippen molar-refractivity contribution in [1.82, 2.24) is 0 Å². The Morgan fingerprint density at radius 3 is 2.67 bits per heavy atom. The van der Waals surface area contributed by atoms with Gasteiger partial charge in [0, 0.05) is 30.1 Å². The van der Waals surface area contributed by atoms with E-state index in [0.717, 1.165) is 28.3 Å². The van der Waals surface area contributed by atoms with E-state index in [1.54, 1.807) is 7.11 Å². The Balaban J connectivity index is 2.11. The molecule has 2 rings (SSSR count). The third kappa shape index (κ3) is 3.69. The van der Waals surface area contributed by atoms with Crippen molar-refractivity contribution < 1.29 is 9.47 Å². The predicted octanol–water partition coefficient (Wildman–Crippen LogP) is 3.25. The standard InChI is InChI=1S/C17H20N2O2/c1-12(18)16-8-7-15(10-17(16)19-2)21-11-13-5-4-6-14(9-13)20-3/h4-10,19H,1,11,18H2,2-3H3. The SMILES string of the molecule is C=C(N)c1ccc(OCc2cccc(OC)c2)cc1NC. The summed E-state index contributed by atoms with van der Waals surface area (Å²) >= 11 is 0. The third-order valence-corrected chi connectivity index (χ3v) is 3.15. The molecule has 0 atom stereocenters. The molecule has 4 heteroatoms. The summed E-state index contributed by atoms with van der Waals surface area (Å²) in [6.07, 6.45) is 0. The van der Waals surface area contributed by atoms with E-state index in [4.69, 9.17) is 15.2 Å². The van der Waals surface area contributed by atoms with E-state index in [-0.39, 0.29) is 0 Å². The highest BCUT2D eigenvalue weighted by Crippen LogP contribution is 2.26. The van der Waals surface area contributed by atoms with Gasteiger partial charge in [0.05, 0.1) is 7.11 Å². The quantitative estimate of drug-likeness (QED) is 0.855. The van der Waals surface area contributed by atoms with Gasteiger partial charge in [-0.15, -0.1) is 0 Å². The third-order valence-electron chi connectivity index (χ3n) is 3.15. The minimum atomic E-state index is 0.475. The molecule has 0 fully saturated rings. The molecule has 0 aliphatic carbocycles. The van der Waals surface area contributed by atoms with Crippen molar-refractivity contribution in [2.24, 2.45) is 5.73 Å². The van der Waals surface area contributed by atoms with E-state index in [2.05, 4.69) is 11.9 Å². The number of anilines is 1. The van der Waals surface area contributed by atoms with E-state index in [0.29, 0.717) is 12.3 Å². The highest BCUT2D eigenvalue weighted by atomic mass is 16.5. The number of hydrogen-bond donors (Lipinski definition) is 2. The molecule has 0 radical (unpaired) electrons. The van der Waals surface area contributed by atoms with Crippen LogP contribution < -0.4 is 20.5 Å². The van der Waals surface area contributed by atoms with Gasteiger partial charge in [0.25, 0.3) is 0 Å². The van der Waals surface area contributed by atoms with Crippen LogP contribution in [0.1, 0.15) is 11.1 Å². The van der Waals surface area contributed by atoms with Gasteiger partial charge >= 0.3 is 0 Å². The number of nitrogens with two attached hydrogens (primary N) is 1. The minimum absolute atomic E-state index is 0.475. The van der Waals surface area contributed by atoms with Gasteiger partial charge in [0.1, 0.15) is 18.1 Å². The van der Waals surface area contributed by atoms with Crippen molar-refractivity contribution in [3.05, 3.63) is 60.2 Å². The Morgan fingerprint density at radius 2 is 2.00 bits per heavy atom. The number of benzene rings is 2. The summed E-state index contributed by atoms with van der Waals surface area (Å²) < 4.78 is 11.0. The first kappa shape index (κ1) is 14.8. The number of nitrogens with one attached hydrogen (secondary N) is 1. The normalized spacial score (nSPS) is 10.0. The van der Waals surface area contributed by atoms with Crippen LogP contribution in [0.4, 0.5) is 5.69 Å². The first-order valence-corrected chi connectivity index (χ1v) is 6.66. The van der Waals surface area contributed by atoms with Crippen LogP contribution in [0, 0.1) is 0 Å². The van der Waals surface area contributed by atoms with Crippen LogP contribution in [0.15, 0.2) is 49.0 Å². The molecule has 0 saturated heterocycles. The zero-order valence-corrected chi connectivity index (χ0v) is 12.3. The van der Waals surface area contributed by atoms with Crippen LogP contribution in [-0.4, -0.2) is 14.2 Å². The molecule has 0 aliphatic rings. The second-order valence-corrected chi connectivity index (χ2v) is 4.62. The first-order chi connectivity index (χ1) is 10.1. The molecule has 0 unspecified atom stereocenters. The summed E-state index contributed by atoms with van der Waals surface area (Å²) in [4.78, 5) is 0. The largest absolute Gasteiger partial charge is 0.497 e. The average Bonchev–Trinajstić information content (AvgIpc) is 2.52. The maximum atomic E-state index is 5.80. The Hall–Kier alpha value is -2.62. The van der Waals surface area contributed by atoms with E-state index in [1.165, 1.54) is 0 Å². The molecular weight excluding hydrogens is 264 g/mol. The Morgan fingerprint density at radius 1 is 1.19 bits per heavy atom. The van der Waals surface area contributed by atoms with Crippen molar-refractivity contribution >= 4 is 11.4 Å². The van der Waals surface area contributed by atoms with Gasteiger partial charge in [-0.3, -0.25) is 0 Å². The topological polar surface area (TPSA) is 56.5 Å². The van der Waals surface area contributed by atoms with Gasteiger partial charge in [-0.1, -0.05) is 18.7 Å². The maximum absolute atomic E-state index is 5.80. The predicted molar refractivity (Wildman–Crippen MR) is 86.5 cm³/mol. The molecule has 3 N–H and O–H groups in total. The maximum Gasteiger partial charge on any atom is 0.121 e. The zero-order valence-electron chi connectivity index (χ0n) is 12.3. The Bertz CT molecular complexity index is 638. The highest BCUT2D eigenvalue weighted by molar-refractivity contribution is 5.74. The lowest BCUT2D eigenvalue weighted by Gasteiger charge is -2.12. The molecule has 0 spiro atoms. The molecule has 4 nitrogen and oxygen atoms in total. The fourth-order valence-electron chi connectivity index (χ4n) is 2.03. The second kappa shape index (κ2) is 6.70. The van der Waals surface area contributed by atoms with Gasteiger partial charge in [-0.05, 0) is 29.8 Å². The Kier molecular flexibility index (Phi) is 4.72. The van der Waals surface area contributed by atoms with Crippen molar-refractivity contribution in [3.8, 4) is 11.5 Å². The van der Waals surface area contributed by atoms with Gasteiger partial charge in [0.15, 0.2) is 0 Å². The van der Waals surface area contributed by atoms with Crippen LogP contribution in [0.2, 0.25) is 0 Å².